The van der Waals surface area contributed by atoms with Crippen molar-refractivity contribution in [2.24, 2.45) is 5.92 Å². The van der Waals surface area contributed by atoms with Crippen molar-refractivity contribution in [1.29, 1.82) is 0 Å². The number of aryl methyl sites for hydroxylation is 1. The second-order valence-corrected chi connectivity index (χ2v) is 11.3. The van der Waals surface area contributed by atoms with Gasteiger partial charge in [-0.25, -0.2) is 8.42 Å². The minimum absolute atomic E-state index is 0.0573. The van der Waals surface area contributed by atoms with Crippen molar-refractivity contribution >= 4 is 27.5 Å². The molecule has 1 unspecified atom stereocenters. The molecule has 1 saturated heterocycles. The Morgan fingerprint density at radius 3 is 2.29 bits per heavy atom. The summed E-state index contributed by atoms with van der Waals surface area (Å²) in [5.41, 5.74) is 1.98. The first-order valence-electron chi connectivity index (χ1n) is 12.7. The van der Waals surface area contributed by atoms with Gasteiger partial charge in [-0.05, 0) is 74.1 Å². The fraction of sp³-hybridized carbons (Fsp3) is 0.481. The van der Waals surface area contributed by atoms with Crippen LogP contribution in [0.15, 0.2) is 53.4 Å². The van der Waals surface area contributed by atoms with Gasteiger partial charge in [0.1, 0.15) is 0 Å². The Morgan fingerprint density at radius 2 is 1.63 bits per heavy atom. The average Bonchev–Trinajstić information content (AvgIpc) is 3.37. The van der Waals surface area contributed by atoms with Crippen LogP contribution in [0.4, 0.5) is 5.69 Å². The molecule has 2 fully saturated rings. The lowest BCUT2D eigenvalue weighted by Crippen LogP contribution is -2.47. The van der Waals surface area contributed by atoms with Gasteiger partial charge < -0.3 is 10.2 Å². The highest BCUT2D eigenvalue weighted by Gasteiger charge is 2.30. The Morgan fingerprint density at radius 1 is 0.943 bits per heavy atom. The van der Waals surface area contributed by atoms with Gasteiger partial charge in [-0.1, -0.05) is 38.3 Å². The number of anilines is 1. The summed E-state index contributed by atoms with van der Waals surface area (Å²) in [5, 5.41) is 3.16. The molecule has 0 radical (unpaired) electrons. The molecule has 0 spiro atoms. The van der Waals surface area contributed by atoms with Gasteiger partial charge in [0.2, 0.25) is 5.91 Å². The van der Waals surface area contributed by atoms with E-state index in [0.29, 0.717) is 24.3 Å². The molecule has 4 rings (SSSR count). The molecular formula is C27H35N3O4S. The molecule has 2 aromatic carbocycles. The van der Waals surface area contributed by atoms with E-state index in [-0.39, 0.29) is 28.7 Å². The number of hydrogen-bond acceptors (Lipinski definition) is 4. The van der Waals surface area contributed by atoms with E-state index in [9.17, 15) is 18.0 Å². The molecule has 2 N–H and O–H groups in total. The largest absolute Gasteiger partial charge is 0.353 e. The molecule has 2 aromatic rings. The van der Waals surface area contributed by atoms with Gasteiger partial charge in [-0.15, -0.1) is 0 Å². The number of nitrogens with zero attached hydrogens (tertiary/aromatic N) is 1. The number of likely N-dealkylation sites (tertiary alicyclic amines) is 1. The summed E-state index contributed by atoms with van der Waals surface area (Å²) >= 11 is 0. The molecule has 0 aromatic heterocycles. The first kappa shape index (κ1) is 25.2. The number of benzene rings is 2. The second kappa shape index (κ2) is 11.2. The van der Waals surface area contributed by atoms with Crippen molar-refractivity contribution in [2.45, 2.75) is 69.2 Å². The van der Waals surface area contributed by atoms with Crippen LogP contribution in [-0.4, -0.2) is 44.3 Å². The summed E-state index contributed by atoms with van der Waals surface area (Å²) < 4.78 is 28.1. The highest BCUT2D eigenvalue weighted by Crippen LogP contribution is 2.23. The van der Waals surface area contributed by atoms with Gasteiger partial charge in [0.15, 0.2) is 0 Å². The second-order valence-electron chi connectivity index (χ2n) is 9.66. The average molecular weight is 498 g/mol. The maximum atomic E-state index is 13.1. The predicted octanol–water partition coefficient (Wildman–Crippen LogP) is 4.35. The predicted molar refractivity (Wildman–Crippen MR) is 137 cm³/mol. The van der Waals surface area contributed by atoms with Crippen molar-refractivity contribution in [3.05, 3.63) is 59.7 Å². The standard InChI is InChI=1S/C27H35N3O4S/c1-2-6-20-10-16-25(17-11-20)35(33,34)29-24-14-12-21(13-15-24)27(32)30-18-5-7-22(19-30)26(31)28-23-8-3-4-9-23/h10-17,22-23,29H,2-9,18-19H2,1H3,(H,28,31). The zero-order valence-corrected chi connectivity index (χ0v) is 21.1. The topological polar surface area (TPSA) is 95.6 Å². The number of carbonyl (C=O) groups is 2. The highest BCUT2D eigenvalue weighted by atomic mass is 32.2. The van der Waals surface area contributed by atoms with Gasteiger partial charge in [0.25, 0.3) is 15.9 Å². The van der Waals surface area contributed by atoms with Crippen molar-refractivity contribution < 1.29 is 18.0 Å². The van der Waals surface area contributed by atoms with Crippen molar-refractivity contribution in [1.82, 2.24) is 10.2 Å². The van der Waals surface area contributed by atoms with Crippen LogP contribution in [0.1, 0.15) is 67.8 Å². The lowest BCUT2D eigenvalue weighted by Gasteiger charge is -2.32. The summed E-state index contributed by atoms with van der Waals surface area (Å²) in [5.74, 6) is -0.255. The molecule has 2 aliphatic rings. The molecule has 1 aliphatic heterocycles. The monoisotopic (exact) mass is 497 g/mol. The molecule has 1 heterocycles. The molecule has 0 bridgehead atoms. The van der Waals surface area contributed by atoms with Crippen LogP contribution in [0.3, 0.4) is 0 Å². The maximum Gasteiger partial charge on any atom is 0.261 e. The maximum absolute atomic E-state index is 13.1. The highest BCUT2D eigenvalue weighted by molar-refractivity contribution is 7.92. The fourth-order valence-electron chi connectivity index (χ4n) is 4.97. The van der Waals surface area contributed by atoms with Gasteiger partial charge in [0, 0.05) is 30.4 Å². The molecular weight excluding hydrogens is 462 g/mol. The summed E-state index contributed by atoms with van der Waals surface area (Å²) in [6.45, 7) is 3.12. The first-order chi connectivity index (χ1) is 16.9. The van der Waals surface area contributed by atoms with E-state index in [1.165, 1.54) is 0 Å². The molecule has 2 amide bonds. The summed E-state index contributed by atoms with van der Waals surface area (Å²) in [4.78, 5) is 27.7. The van der Waals surface area contributed by atoms with E-state index in [0.717, 1.165) is 56.9 Å². The molecule has 1 saturated carbocycles. The number of nitrogens with one attached hydrogen (secondary N) is 2. The Bertz CT molecular complexity index is 1120. The SMILES string of the molecule is CCCc1ccc(S(=O)(=O)Nc2ccc(C(=O)N3CCCC(C(=O)NC4CCCC4)C3)cc2)cc1. The summed E-state index contributed by atoms with van der Waals surface area (Å²) in [6, 6.07) is 13.6. The Kier molecular flexibility index (Phi) is 8.11. The van der Waals surface area contributed by atoms with Crippen molar-refractivity contribution in [3.63, 3.8) is 0 Å². The first-order valence-corrected chi connectivity index (χ1v) is 14.2. The third-order valence-electron chi connectivity index (χ3n) is 6.94. The quantitative estimate of drug-likeness (QED) is 0.567. The van der Waals surface area contributed by atoms with Gasteiger partial charge in [0.05, 0.1) is 10.8 Å². The zero-order chi connectivity index (χ0) is 24.8. The normalized spacial score (nSPS) is 18.9. The van der Waals surface area contributed by atoms with E-state index in [1.807, 2.05) is 12.1 Å². The number of carbonyl (C=O) groups excluding carboxylic acids is 2. The third kappa shape index (κ3) is 6.42. The van der Waals surface area contributed by atoms with Crippen LogP contribution >= 0.6 is 0 Å². The Balaban J connectivity index is 1.36. The van der Waals surface area contributed by atoms with Crippen LogP contribution in [0.5, 0.6) is 0 Å². The molecule has 35 heavy (non-hydrogen) atoms. The van der Waals surface area contributed by atoms with Crippen LogP contribution in [0.2, 0.25) is 0 Å². The van der Waals surface area contributed by atoms with E-state index < -0.39 is 10.0 Å². The third-order valence-corrected chi connectivity index (χ3v) is 8.33. The smallest absolute Gasteiger partial charge is 0.261 e. The van der Waals surface area contributed by atoms with E-state index >= 15 is 0 Å². The Labute approximate surface area is 208 Å². The van der Waals surface area contributed by atoms with Crippen molar-refractivity contribution in [2.75, 3.05) is 17.8 Å². The van der Waals surface area contributed by atoms with E-state index in [1.54, 1.807) is 41.3 Å². The number of hydrogen-bond donors (Lipinski definition) is 2. The van der Waals surface area contributed by atoms with Crippen LogP contribution in [0, 0.1) is 5.92 Å². The number of rotatable bonds is 8. The molecule has 1 atom stereocenters. The number of sulfonamides is 1. The van der Waals surface area contributed by atoms with Crippen LogP contribution < -0.4 is 10.0 Å². The summed E-state index contributed by atoms with van der Waals surface area (Å²) in [7, 11) is -3.72. The lowest BCUT2D eigenvalue weighted by molar-refractivity contribution is -0.127. The van der Waals surface area contributed by atoms with Gasteiger partial charge in [-0.3, -0.25) is 14.3 Å². The molecule has 8 heteroatoms. The lowest BCUT2D eigenvalue weighted by atomic mass is 9.96. The minimum Gasteiger partial charge on any atom is -0.353 e. The van der Waals surface area contributed by atoms with Crippen LogP contribution in [-0.2, 0) is 21.2 Å². The fourth-order valence-corrected chi connectivity index (χ4v) is 6.02. The number of piperidine rings is 1. The van der Waals surface area contributed by atoms with Gasteiger partial charge >= 0.3 is 0 Å². The number of amides is 2. The van der Waals surface area contributed by atoms with E-state index in [2.05, 4.69) is 17.0 Å². The van der Waals surface area contributed by atoms with Crippen molar-refractivity contribution in [3.8, 4) is 0 Å². The molecule has 7 nitrogen and oxygen atoms in total. The molecule has 188 valence electrons. The summed E-state index contributed by atoms with van der Waals surface area (Å²) in [6.07, 6.45) is 7.91. The van der Waals surface area contributed by atoms with Crippen LogP contribution in [0.25, 0.3) is 0 Å². The molecule has 1 aliphatic carbocycles. The zero-order valence-electron chi connectivity index (χ0n) is 20.3. The van der Waals surface area contributed by atoms with E-state index in [4.69, 9.17) is 0 Å². The van der Waals surface area contributed by atoms with Gasteiger partial charge in [-0.2, -0.15) is 0 Å². The Hall–Kier alpha value is -2.87. The minimum atomic E-state index is -3.72.